The lowest BCUT2D eigenvalue weighted by atomic mass is 10.2. The van der Waals surface area contributed by atoms with Gasteiger partial charge < -0.3 is 14.8 Å². The standard InChI is InChI=1S/C20H17N3O3S/c1-25-17-12-14(6-8-16(17)26-11-10-21)7-9-19(24)22-13-20-23-15-4-2-3-5-18(15)27-20/h2-9,12H,11,13H2,1H3,(H,22,24)/b9-7+. The second-order valence-corrected chi connectivity index (χ2v) is 6.60. The molecule has 136 valence electrons. The summed E-state index contributed by atoms with van der Waals surface area (Å²) in [5.41, 5.74) is 1.72. The van der Waals surface area contributed by atoms with E-state index in [0.29, 0.717) is 18.0 Å². The molecule has 3 rings (SSSR count). The van der Waals surface area contributed by atoms with E-state index in [1.54, 1.807) is 35.6 Å². The molecule has 7 heteroatoms. The molecule has 0 bridgehead atoms. The van der Waals surface area contributed by atoms with Crippen molar-refractivity contribution in [2.45, 2.75) is 6.54 Å². The van der Waals surface area contributed by atoms with Gasteiger partial charge in [0.05, 0.1) is 23.9 Å². The molecule has 0 fully saturated rings. The van der Waals surface area contributed by atoms with Gasteiger partial charge in [0.15, 0.2) is 18.1 Å². The molecular formula is C20H17N3O3S. The topological polar surface area (TPSA) is 84.2 Å². The van der Waals surface area contributed by atoms with E-state index in [2.05, 4.69) is 10.3 Å². The fourth-order valence-electron chi connectivity index (χ4n) is 2.41. The second-order valence-electron chi connectivity index (χ2n) is 5.48. The van der Waals surface area contributed by atoms with Crippen molar-refractivity contribution in [1.82, 2.24) is 10.3 Å². The number of benzene rings is 2. The monoisotopic (exact) mass is 379 g/mol. The Hall–Kier alpha value is -3.37. The Labute approximate surface area is 160 Å². The van der Waals surface area contributed by atoms with E-state index in [9.17, 15) is 4.79 Å². The van der Waals surface area contributed by atoms with E-state index in [4.69, 9.17) is 14.7 Å². The number of para-hydroxylation sites is 1. The van der Waals surface area contributed by atoms with Gasteiger partial charge in [0.2, 0.25) is 5.91 Å². The molecule has 0 aliphatic carbocycles. The molecule has 0 aliphatic heterocycles. The number of amides is 1. The van der Waals surface area contributed by atoms with Gasteiger partial charge in [0.1, 0.15) is 11.1 Å². The SMILES string of the molecule is COc1cc(/C=C/C(=O)NCc2nc3ccccc3s2)ccc1OCC#N. The van der Waals surface area contributed by atoms with Gasteiger partial charge in [0.25, 0.3) is 0 Å². The first-order chi connectivity index (χ1) is 13.2. The van der Waals surface area contributed by atoms with E-state index in [-0.39, 0.29) is 12.5 Å². The predicted octanol–water partition coefficient (Wildman–Crippen LogP) is 3.54. The number of hydrogen-bond acceptors (Lipinski definition) is 6. The highest BCUT2D eigenvalue weighted by Gasteiger charge is 2.06. The summed E-state index contributed by atoms with van der Waals surface area (Å²) >= 11 is 1.56. The summed E-state index contributed by atoms with van der Waals surface area (Å²) in [6.07, 6.45) is 3.14. The lowest BCUT2D eigenvalue weighted by Gasteiger charge is -2.08. The first-order valence-electron chi connectivity index (χ1n) is 8.18. The van der Waals surface area contributed by atoms with Crippen LogP contribution in [0.5, 0.6) is 11.5 Å². The molecule has 6 nitrogen and oxygen atoms in total. The highest BCUT2D eigenvalue weighted by Crippen LogP contribution is 2.28. The Balaban J connectivity index is 1.59. The number of rotatable bonds is 7. The Morgan fingerprint density at radius 3 is 2.93 bits per heavy atom. The third-order valence-electron chi connectivity index (χ3n) is 3.66. The third kappa shape index (κ3) is 4.84. The lowest BCUT2D eigenvalue weighted by Crippen LogP contribution is -2.20. The van der Waals surface area contributed by atoms with Crippen molar-refractivity contribution in [2.24, 2.45) is 0 Å². The van der Waals surface area contributed by atoms with Crippen LogP contribution in [0.25, 0.3) is 16.3 Å². The summed E-state index contributed by atoms with van der Waals surface area (Å²) in [6, 6.07) is 15.0. The first kappa shape index (κ1) is 18.4. The van der Waals surface area contributed by atoms with Gasteiger partial charge in [-0.2, -0.15) is 5.26 Å². The van der Waals surface area contributed by atoms with Crippen LogP contribution in [0.3, 0.4) is 0 Å². The van der Waals surface area contributed by atoms with Crippen molar-refractivity contribution >= 4 is 33.5 Å². The maximum Gasteiger partial charge on any atom is 0.244 e. The van der Waals surface area contributed by atoms with Crippen LogP contribution in [-0.2, 0) is 11.3 Å². The normalized spacial score (nSPS) is 10.7. The molecule has 1 amide bonds. The number of carbonyl (C=O) groups excluding carboxylic acids is 1. The van der Waals surface area contributed by atoms with Gasteiger partial charge in [-0.05, 0) is 35.9 Å². The van der Waals surface area contributed by atoms with Crippen LogP contribution in [0.4, 0.5) is 0 Å². The van der Waals surface area contributed by atoms with E-state index in [1.807, 2.05) is 30.3 Å². The number of nitriles is 1. The minimum absolute atomic E-state index is 0.0558. The van der Waals surface area contributed by atoms with E-state index >= 15 is 0 Å². The van der Waals surface area contributed by atoms with Crippen molar-refractivity contribution in [1.29, 1.82) is 5.26 Å². The molecule has 1 N–H and O–H groups in total. The minimum Gasteiger partial charge on any atom is -0.493 e. The summed E-state index contributed by atoms with van der Waals surface area (Å²) in [6.45, 7) is 0.326. The van der Waals surface area contributed by atoms with Crippen LogP contribution in [0.1, 0.15) is 10.6 Å². The Bertz CT molecular complexity index is 988. The largest absolute Gasteiger partial charge is 0.493 e. The molecule has 0 radical (unpaired) electrons. The molecule has 27 heavy (non-hydrogen) atoms. The summed E-state index contributed by atoms with van der Waals surface area (Å²) in [4.78, 5) is 16.5. The maximum atomic E-state index is 12.1. The Morgan fingerprint density at radius 1 is 1.30 bits per heavy atom. The number of thiazole rings is 1. The maximum absolute atomic E-state index is 12.1. The summed E-state index contributed by atoms with van der Waals surface area (Å²) in [5.74, 6) is 0.775. The molecule has 2 aromatic carbocycles. The summed E-state index contributed by atoms with van der Waals surface area (Å²) in [5, 5.41) is 12.3. The van der Waals surface area contributed by atoms with Crippen molar-refractivity contribution in [2.75, 3.05) is 13.7 Å². The van der Waals surface area contributed by atoms with Gasteiger partial charge in [-0.15, -0.1) is 11.3 Å². The highest BCUT2D eigenvalue weighted by molar-refractivity contribution is 7.18. The number of fused-ring (bicyclic) bond motifs is 1. The highest BCUT2D eigenvalue weighted by atomic mass is 32.1. The zero-order valence-corrected chi connectivity index (χ0v) is 15.5. The second kappa shape index (κ2) is 8.83. The minimum atomic E-state index is -0.210. The molecule has 1 aromatic heterocycles. The molecular weight excluding hydrogens is 362 g/mol. The van der Waals surface area contributed by atoms with Crippen LogP contribution in [0.15, 0.2) is 48.5 Å². The fourth-order valence-corrected chi connectivity index (χ4v) is 3.31. The zero-order valence-electron chi connectivity index (χ0n) is 14.6. The van der Waals surface area contributed by atoms with Gasteiger partial charge >= 0.3 is 0 Å². The van der Waals surface area contributed by atoms with Crippen LogP contribution in [-0.4, -0.2) is 24.6 Å². The Morgan fingerprint density at radius 2 is 2.15 bits per heavy atom. The van der Waals surface area contributed by atoms with Crippen molar-refractivity contribution in [3.05, 3.63) is 59.1 Å². The van der Waals surface area contributed by atoms with Crippen LogP contribution in [0, 0.1) is 11.3 Å². The molecule has 0 atom stereocenters. The smallest absolute Gasteiger partial charge is 0.244 e. The Kier molecular flexibility index (Phi) is 6.02. The molecule has 0 aliphatic rings. The third-order valence-corrected chi connectivity index (χ3v) is 4.70. The van der Waals surface area contributed by atoms with Gasteiger partial charge in [-0.1, -0.05) is 18.2 Å². The molecule has 0 saturated carbocycles. The number of carbonyl (C=O) groups is 1. The molecule has 0 spiro atoms. The van der Waals surface area contributed by atoms with Gasteiger partial charge in [-0.25, -0.2) is 4.98 Å². The summed E-state index contributed by atoms with van der Waals surface area (Å²) < 4.78 is 11.6. The van der Waals surface area contributed by atoms with Crippen molar-refractivity contribution < 1.29 is 14.3 Å². The average molecular weight is 379 g/mol. The van der Waals surface area contributed by atoms with Crippen molar-refractivity contribution in [3.8, 4) is 17.6 Å². The van der Waals surface area contributed by atoms with Crippen molar-refractivity contribution in [3.63, 3.8) is 0 Å². The van der Waals surface area contributed by atoms with Gasteiger partial charge in [-0.3, -0.25) is 4.79 Å². The number of ether oxygens (including phenoxy) is 2. The number of hydrogen-bond donors (Lipinski definition) is 1. The molecule has 0 saturated heterocycles. The molecule has 0 unspecified atom stereocenters. The van der Waals surface area contributed by atoms with Crippen LogP contribution < -0.4 is 14.8 Å². The van der Waals surface area contributed by atoms with E-state index in [0.717, 1.165) is 20.8 Å². The van der Waals surface area contributed by atoms with Crippen LogP contribution in [0.2, 0.25) is 0 Å². The summed E-state index contributed by atoms with van der Waals surface area (Å²) in [7, 11) is 1.52. The zero-order chi connectivity index (χ0) is 19.1. The van der Waals surface area contributed by atoms with E-state index < -0.39 is 0 Å². The van der Waals surface area contributed by atoms with E-state index in [1.165, 1.54) is 13.2 Å². The number of nitrogens with zero attached hydrogens (tertiary/aromatic N) is 2. The lowest BCUT2D eigenvalue weighted by molar-refractivity contribution is -0.116. The average Bonchev–Trinajstić information content (AvgIpc) is 3.12. The van der Waals surface area contributed by atoms with Crippen LogP contribution >= 0.6 is 11.3 Å². The molecule has 3 aromatic rings. The predicted molar refractivity (Wildman–Crippen MR) is 105 cm³/mol. The fraction of sp³-hybridized carbons (Fsp3) is 0.150. The quantitative estimate of drug-likeness (QED) is 0.635. The number of methoxy groups -OCH3 is 1. The number of aromatic nitrogens is 1. The number of nitrogens with one attached hydrogen (secondary N) is 1. The molecule has 1 heterocycles. The van der Waals surface area contributed by atoms with Gasteiger partial charge in [0, 0.05) is 6.08 Å². The first-order valence-corrected chi connectivity index (χ1v) is 8.99.